The first-order valence-corrected chi connectivity index (χ1v) is 4.36. The molecule has 0 aliphatic heterocycles. The maximum absolute atomic E-state index is 10.3. The van der Waals surface area contributed by atoms with Gasteiger partial charge in [-0.15, -0.1) is 11.3 Å². The van der Waals surface area contributed by atoms with Gasteiger partial charge in [-0.1, -0.05) is 0 Å². The van der Waals surface area contributed by atoms with E-state index >= 15 is 0 Å². The third-order valence-electron chi connectivity index (χ3n) is 1.31. The number of aromatic nitrogens is 1. The molecular formula is C7H9NO3S. The Kier molecular flexibility index (Phi) is 3.19. The van der Waals surface area contributed by atoms with E-state index in [-0.39, 0.29) is 6.61 Å². The molecule has 4 nitrogen and oxygen atoms in total. The number of carboxylic acids is 1. The van der Waals surface area contributed by atoms with Crippen molar-refractivity contribution in [3.05, 3.63) is 16.6 Å². The molecule has 1 rings (SSSR count). The van der Waals surface area contributed by atoms with Gasteiger partial charge < -0.3 is 9.84 Å². The summed E-state index contributed by atoms with van der Waals surface area (Å²) in [5, 5.41) is 10.3. The molecular weight excluding hydrogens is 178 g/mol. The summed E-state index contributed by atoms with van der Waals surface area (Å²) in [4.78, 5) is 14.3. The number of aliphatic carboxylic acids is 1. The monoisotopic (exact) mass is 187 g/mol. The quantitative estimate of drug-likeness (QED) is 0.767. The lowest BCUT2D eigenvalue weighted by Crippen LogP contribution is -2.19. The molecule has 0 unspecified atom stereocenters. The molecule has 0 aliphatic carbocycles. The number of rotatable bonds is 4. The zero-order chi connectivity index (χ0) is 8.97. The molecule has 0 amide bonds. The summed E-state index contributed by atoms with van der Waals surface area (Å²) >= 11 is 1.46. The number of ether oxygens (including phenoxy) is 1. The van der Waals surface area contributed by atoms with E-state index in [1.54, 1.807) is 5.51 Å². The van der Waals surface area contributed by atoms with Crippen LogP contribution in [0, 0.1) is 0 Å². The number of hydrogen-bond donors (Lipinski definition) is 1. The van der Waals surface area contributed by atoms with Crippen LogP contribution < -0.4 is 0 Å². The predicted molar refractivity (Wildman–Crippen MR) is 44.0 cm³/mol. The Morgan fingerprint density at radius 1 is 1.92 bits per heavy atom. The first kappa shape index (κ1) is 9.15. The topological polar surface area (TPSA) is 59.4 Å². The maximum atomic E-state index is 10.3. The Morgan fingerprint density at radius 3 is 3.17 bits per heavy atom. The molecule has 0 bridgehead atoms. The molecule has 66 valence electrons. The normalized spacial score (nSPS) is 12.8. The van der Waals surface area contributed by atoms with Gasteiger partial charge in [-0.2, -0.15) is 0 Å². The van der Waals surface area contributed by atoms with E-state index in [1.807, 2.05) is 5.38 Å². The summed E-state index contributed by atoms with van der Waals surface area (Å²) in [6, 6.07) is 0. The van der Waals surface area contributed by atoms with Crippen LogP contribution in [0.2, 0.25) is 0 Å². The summed E-state index contributed by atoms with van der Waals surface area (Å²) < 4.78 is 4.99. The van der Waals surface area contributed by atoms with E-state index in [1.165, 1.54) is 18.3 Å². The molecule has 1 heterocycles. The lowest BCUT2D eigenvalue weighted by molar-refractivity contribution is -0.149. The largest absolute Gasteiger partial charge is 0.479 e. The van der Waals surface area contributed by atoms with E-state index < -0.39 is 12.1 Å². The van der Waals surface area contributed by atoms with Gasteiger partial charge in [-0.3, -0.25) is 0 Å². The number of thiazole rings is 1. The van der Waals surface area contributed by atoms with Crippen LogP contribution >= 0.6 is 11.3 Å². The van der Waals surface area contributed by atoms with Crippen LogP contribution in [0.5, 0.6) is 0 Å². The van der Waals surface area contributed by atoms with Crippen molar-refractivity contribution < 1.29 is 14.6 Å². The van der Waals surface area contributed by atoms with Crippen LogP contribution in [0.4, 0.5) is 0 Å². The Labute approximate surface area is 73.8 Å². The van der Waals surface area contributed by atoms with Gasteiger partial charge in [0, 0.05) is 5.38 Å². The average molecular weight is 187 g/mol. The van der Waals surface area contributed by atoms with Crippen molar-refractivity contribution in [2.45, 2.75) is 19.6 Å². The van der Waals surface area contributed by atoms with Crippen molar-refractivity contribution in [3.63, 3.8) is 0 Å². The van der Waals surface area contributed by atoms with Crippen LogP contribution in [0.15, 0.2) is 10.9 Å². The molecule has 0 saturated heterocycles. The van der Waals surface area contributed by atoms with Gasteiger partial charge in [0.2, 0.25) is 0 Å². The summed E-state index contributed by atoms with van der Waals surface area (Å²) in [6.07, 6.45) is -0.772. The van der Waals surface area contributed by atoms with E-state index in [9.17, 15) is 4.79 Å². The molecule has 0 radical (unpaired) electrons. The first-order valence-electron chi connectivity index (χ1n) is 3.41. The molecule has 1 aromatic rings. The maximum Gasteiger partial charge on any atom is 0.332 e. The Morgan fingerprint density at radius 2 is 2.67 bits per heavy atom. The molecule has 12 heavy (non-hydrogen) atoms. The molecule has 1 atom stereocenters. The highest BCUT2D eigenvalue weighted by Crippen LogP contribution is 2.04. The molecule has 1 aromatic heterocycles. The molecule has 0 saturated carbocycles. The Balaban J connectivity index is 2.31. The summed E-state index contributed by atoms with van der Waals surface area (Å²) in [5.41, 5.74) is 2.46. The van der Waals surface area contributed by atoms with Gasteiger partial charge in [-0.05, 0) is 6.92 Å². The van der Waals surface area contributed by atoms with Gasteiger partial charge in [-0.25, -0.2) is 9.78 Å². The molecule has 0 spiro atoms. The minimum absolute atomic E-state index is 0.261. The van der Waals surface area contributed by atoms with Gasteiger partial charge in [0.25, 0.3) is 0 Å². The second-order valence-corrected chi connectivity index (χ2v) is 2.99. The fourth-order valence-electron chi connectivity index (χ4n) is 0.590. The van der Waals surface area contributed by atoms with Crippen LogP contribution in [-0.2, 0) is 16.1 Å². The third-order valence-corrected chi connectivity index (χ3v) is 1.95. The fraction of sp³-hybridized carbons (Fsp3) is 0.429. The van der Waals surface area contributed by atoms with Crippen LogP contribution in [-0.4, -0.2) is 22.2 Å². The number of carboxylic acid groups (broad SMARTS) is 1. The fourth-order valence-corrected chi connectivity index (χ4v) is 1.13. The zero-order valence-corrected chi connectivity index (χ0v) is 7.37. The lowest BCUT2D eigenvalue weighted by atomic mass is 10.4. The average Bonchev–Trinajstić information content (AvgIpc) is 2.51. The van der Waals surface area contributed by atoms with Crippen molar-refractivity contribution in [1.82, 2.24) is 4.98 Å². The van der Waals surface area contributed by atoms with E-state index in [4.69, 9.17) is 9.84 Å². The standard InChI is InChI=1S/C7H9NO3S/c1-5(7(9)10)11-2-6-3-12-4-8-6/h3-5H,2H2,1H3,(H,9,10)/t5-/m1/s1. The summed E-state index contributed by atoms with van der Waals surface area (Å²) in [7, 11) is 0. The summed E-state index contributed by atoms with van der Waals surface area (Å²) in [5.74, 6) is -0.953. The SMILES string of the molecule is C[C@@H](OCc1cscn1)C(=O)O. The summed E-state index contributed by atoms with van der Waals surface area (Å²) in [6.45, 7) is 1.76. The van der Waals surface area contributed by atoms with E-state index in [2.05, 4.69) is 4.98 Å². The van der Waals surface area contributed by atoms with Gasteiger partial charge >= 0.3 is 5.97 Å². The van der Waals surface area contributed by atoms with Gasteiger partial charge in [0.05, 0.1) is 17.8 Å². The first-order chi connectivity index (χ1) is 5.70. The van der Waals surface area contributed by atoms with Crippen molar-refractivity contribution in [1.29, 1.82) is 0 Å². The Bertz CT molecular complexity index is 247. The van der Waals surface area contributed by atoms with Crippen molar-refractivity contribution in [2.24, 2.45) is 0 Å². The van der Waals surface area contributed by atoms with Crippen LogP contribution in [0.3, 0.4) is 0 Å². The van der Waals surface area contributed by atoms with Crippen molar-refractivity contribution in [3.8, 4) is 0 Å². The van der Waals surface area contributed by atoms with Crippen molar-refractivity contribution >= 4 is 17.3 Å². The lowest BCUT2D eigenvalue weighted by Gasteiger charge is -2.05. The number of nitrogens with zero attached hydrogens (tertiary/aromatic N) is 1. The third kappa shape index (κ3) is 2.60. The molecule has 0 fully saturated rings. The Hall–Kier alpha value is -0.940. The molecule has 5 heteroatoms. The molecule has 0 aromatic carbocycles. The van der Waals surface area contributed by atoms with E-state index in [0.717, 1.165) is 5.69 Å². The second-order valence-electron chi connectivity index (χ2n) is 2.27. The second kappa shape index (κ2) is 4.18. The molecule has 1 N–H and O–H groups in total. The number of carbonyl (C=O) groups is 1. The van der Waals surface area contributed by atoms with Crippen molar-refractivity contribution in [2.75, 3.05) is 0 Å². The predicted octanol–water partition coefficient (Wildman–Crippen LogP) is 1.13. The zero-order valence-electron chi connectivity index (χ0n) is 6.56. The van der Waals surface area contributed by atoms with Gasteiger partial charge in [0.15, 0.2) is 6.10 Å². The smallest absolute Gasteiger partial charge is 0.332 e. The highest BCUT2D eigenvalue weighted by molar-refractivity contribution is 7.07. The minimum atomic E-state index is -0.953. The minimum Gasteiger partial charge on any atom is -0.479 e. The van der Waals surface area contributed by atoms with Crippen LogP contribution in [0.25, 0.3) is 0 Å². The van der Waals surface area contributed by atoms with Crippen LogP contribution in [0.1, 0.15) is 12.6 Å². The highest BCUT2D eigenvalue weighted by atomic mass is 32.1. The number of hydrogen-bond acceptors (Lipinski definition) is 4. The van der Waals surface area contributed by atoms with E-state index in [0.29, 0.717) is 0 Å². The highest BCUT2D eigenvalue weighted by Gasteiger charge is 2.10. The molecule has 0 aliphatic rings. The van der Waals surface area contributed by atoms with Gasteiger partial charge in [0.1, 0.15) is 0 Å².